The summed E-state index contributed by atoms with van der Waals surface area (Å²) in [7, 11) is -3.85. The minimum atomic E-state index is -3.85. The Morgan fingerprint density at radius 2 is 1.94 bits per heavy atom. The van der Waals surface area contributed by atoms with E-state index < -0.39 is 16.2 Å². The summed E-state index contributed by atoms with van der Waals surface area (Å²) in [5.74, 6) is -0.374. The second-order valence-electron chi connectivity index (χ2n) is 3.93. The molecule has 5 nitrogen and oxygen atoms in total. The van der Waals surface area contributed by atoms with Crippen molar-refractivity contribution in [2.75, 3.05) is 6.54 Å². The van der Waals surface area contributed by atoms with Crippen molar-refractivity contribution in [2.45, 2.75) is 24.3 Å². The standard InChI is InChI=1S/C11H13NO4S/c1-8-2-4-9(5-3-8)17(14,15)16-10-6-7-12-11(10)13/h2-5,10H,6-7H2,1H3,(H,12,13)/t10-/m1/s1. The molecular weight excluding hydrogens is 242 g/mol. The van der Waals surface area contributed by atoms with Gasteiger partial charge in [-0.25, -0.2) is 0 Å². The van der Waals surface area contributed by atoms with Gasteiger partial charge in [0.25, 0.3) is 16.0 Å². The van der Waals surface area contributed by atoms with E-state index in [9.17, 15) is 13.2 Å². The first-order valence-electron chi connectivity index (χ1n) is 5.27. The summed E-state index contributed by atoms with van der Waals surface area (Å²) in [6, 6.07) is 6.31. The number of rotatable bonds is 3. The molecule has 0 saturated carbocycles. The number of amides is 1. The lowest BCUT2D eigenvalue weighted by Gasteiger charge is -2.09. The van der Waals surface area contributed by atoms with Gasteiger partial charge >= 0.3 is 0 Å². The van der Waals surface area contributed by atoms with Crippen LogP contribution >= 0.6 is 0 Å². The molecule has 1 aromatic rings. The normalized spacial score (nSPS) is 20.3. The molecule has 0 aliphatic carbocycles. The van der Waals surface area contributed by atoms with Gasteiger partial charge in [0.2, 0.25) is 0 Å². The lowest BCUT2D eigenvalue weighted by Crippen LogP contribution is -2.27. The van der Waals surface area contributed by atoms with Gasteiger partial charge in [-0.2, -0.15) is 8.42 Å². The van der Waals surface area contributed by atoms with Crippen LogP contribution in [0.5, 0.6) is 0 Å². The molecule has 1 aliphatic heterocycles. The molecule has 0 bridgehead atoms. The van der Waals surface area contributed by atoms with Crippen LogP contribution < -0.4 is 5.32 Å². The molecule has 0 spiro atoms. The van der Waals surface area contributed by atoms with Gasteiger partial charge in [-0.3, -0.25) is 8.98 Å². The number of carbonyl (C=O) groups excluding carboxylic acids is 1. The van der Waals surface area contributed by atoms with Crippen molar-refractivity contribution in [2.24, 2.45) is 0 Å². The zero-order valence-corrected chi connectivity index (χ0v) is 10.2. The quantitative estimate of drug-likeness (QED) is 0.802. The van der Waals surface area contributed by atoms with E-state index in [2.05, 4.69) is 5.32 Å². The van der Waals surface area contributed by atoms with E-state index >= 15 is 0 Å². The van der Waals surface area contributed by atoms with E-state index in [0.29, 0.717) is 13.0 Å². The van der Waals surface area contributed by atoms with E-state index in [4.69, 9.17) is 4.18 Å². The SMILES string of the molecule is Cc1ccc(S(=O)(=O)O[C@@H]2CCNC2=O)cc1. The zero-order chi connectivity index (χ0) is 12.5. The van der Waals surface area contributed by atoms with Crippen LogP contribution in [-0.4, -0.2) is 27.0 Å². The van der Waals surface area contributed by atoms with E-state index in [1.807, 2.05) is 6.92 Å². The minimum absolute atomic E-state index is 0.0720. The smallest absolute Gasteiger partial charge is 0.297 e. The van der Waals surface area contributed by atoms with E-state index in [0.717, 1.165) is 5.56 Å². The van der Waals surface area contributed by atoms with Gasteiger partial charge in [-0.15, -0.1) is 0 Å². The Bertz CT molecular complexity index is 521. The molecule has 1 saturated heterocycles. The Balaban J connectivity index is 2.19. The third-order valence-electron chi connectivity index (χ3n) is 2.55. The summed E-state index contributed by atoms with van der Waals surface area (Å²) in [5.41, 5.74) is 0.961. The summed E-state index contributed by atoms with van der Waals surface area (Å²) in [5, 5.41) is 2.52. The molecule has 0 aromatic heterocycles. The van der Waals surface area contributed by atoms with E-state index in [-0.39, 0.29) is 10.8 Å². The summed E-state index contributed by atoms with van der Waals surface area (Å²) < 4.78 is 28.6. The van der Waals surface area contributed by atoms with Gasteiger partial charge in [0.05, 0.1) is 4.90 Å². The molecule has 1 aliphatic rings. The van der Waals surface area contributed by atoms with Gasteiger partial charge < -0.3 is 5.32 Å². The summed E-state index contributed by atoms with van der Waals surface area (Å²) >= 11 is 0. The Kier molecular flexibility index (Phi) is 3.17. The minimum Gasteiger partial charge on any atom is -0.354 e. The Morgan fingerprint density at radius 1 is 1.29 bits per heavy atom. The van der Waals surface area contributed by atoms with Crippen molar-refractivity contribution >= 4 is 16.0 Å². The topological polar surface area (TPSA) is 72.5 Å². The van der Waals surface area contributed by atoms with Crippen molar-refractivity contribution in [3.8, 4) is 0 Å². The van der Waals surface area contributed by atoms with Gasteiger partial charge in [0.1, 0.15) is 0 Å². The predicted molar refractivity (Wildman–Crippen MR) is 60.9 cm³/mol. The maximum Gasteiger partial charge on any atom is 0.297 e. The fraction of sp³-hybridized carbons (Fsp3) is 0.364. The molecule has 6 heteroatoms. The monoisotopic (exact) mass is 255 g/mol. The van der Waals surface area contributed by atoms with Gasteiger partial charge in [-0.05, 0) is 19.1 Å². The first-order chi connectivity index (χ1) is 7.99. The molecule has 17 heavy (non-hydrogen) atoms. The number of aryl methyl sites for hydroxylation is 1. The lowest BCUT2D eigenvalue weighted by atomic mass is 10.2. The van der Waals surface area contributed by atoms with Gasteiger partial charge in [0, 0.05) is 13.0 Å². The summed E-state index contributed by atoms with van der Waals surface area (Å²) in [6.07, 6.45) is -0.523. The molecule has 92 valence electrons. The van der Waals surface area contributed by atoms with E-state index in [1.165, 1.54) is 12.1 Å². The molecule has 1 amide bonds. The average Bonchev–Trinajstić information content (AvgIpc) is 2.64. The lowest BCUT2D eigenvalue weighted by molar-refractivity contribution is -0.124. The van der Waals surface area contributed by atoms with Crippen LogP contribution in [0, 0.1) is 6.92 Å². The molecule has 2 rings (SSSR count). The zero-order valence-electron chi connectivity index (χ0n) is 9.34. The number of hydrogen-bond donors (Lipinski definition) is 1. The Hall–Kier alpha value is -1.40. The van der Waals surface area contributed by atoms with Crippen LogP contribution in [-0.2, 0) is 19.1 Å². The van der Waals surface area contributed by atoms with Crippen LogP contribution in [0.1, 0.15) is 12.0 Å². The molecule has 1 fully saturated rings. The molecule has 1 N–H and O–H groups in total. The third kappa shape index (κ3) is 2.65. The highest BCUT2D eigenvalue weighted by Gasteiger charge is 2.30. The van der Waals surface area contributed by atoms with Crippen LogP contribution in [0.2, 0.25) is 0 Å². The largest absolute Gasteiger partial charge is 0.354 e. The van der Waals surface area contributed by atoms with Crippen molar-refractivity contribution in [1.29, 1.82) is 0 Å². The number of carbonyl (C=O) groups is 1. The summed E-state index contributed by atoms with van der Waals surface area (Å²) in [4.78, 5) is 11.3. The molecule has 0 unspecified atom stereocenters. The maximum atomic E-state index is 11.8. The van der Waals surface area contributed by atoms with Crippen molar-refractivity contribution < 1.29 is 17.4 Å². The van der Waals surface area contributed by atoms with Crippen molar-refractivity contribution in [1.82, 2.24) is 5.32 Å². The van der Waals surface area contributed by atoms with Crippen LogP contribution in [0.15, 0.2) is 29.2 Å². The second-order valence-corrected chi connectivity index (χ2v) is 5.50. The summed E-state index contributed by atoms with van der Waals surface area (Å²) in [6.45, 7) is 2.31. The number of nitrogens with one attached hydrogen (secondary N) is 1. The van der Waals surface area contributed by atoms with Gasteiger partial charge in [-0.1, -0.05) is 17.7 Å². The number of benzene rings is 1. The van der Waals surface area contributed by atoms with Crippen LogP contribution in [0.3, 0.4) is 0 Å². The van der Waals surface area contributed by atoms with Crippen LogP contribution in [0.4, 0.5) is 0 Å². The van der Waals surface area contributed by atoms with Crippen molar-refractivity contribution in [3.05, 3.63) is 29.8 Å². The average molecular weight is 255 g/mol. The predicted octanol–water partition coefficient (Wildman–Crippen LogP) is 0.589. The Morgan fingerprint density at radius 3 is 2.47 bits per heavy atom. The molecule has 1 atom stereocenters. The van der Waals surface area contributed by atoms with Crippen molar-refractivity contribution in [3.63, 3.8) is 0 Å². The first kappa shape index (κ1) is 12.1. The van der Waals surface area contributed by atoms with Crippen LogP contribution in [0.25, 0.3) is 0 Å². The molecule has 1 aromatic carbocycles. The number of hydrogen-bond acceptors (Lipinski definition) is 4. The third-order valence-corrected chi connectivity index (χ3v) is 3.89. The highest BCUT2D eigenvalue weighted by molar-refractivity contribution is 7.86. The van der Waals surface area contributed by atoms with E-state index in [1.54, 1.807) is 12.1 Å². The highest BCUT2D eigenvalue weighted by Crippen LogP contribution is 2.17. The fourth-order valence-electron chi connectivity index (χ4n) is 1.58. The maximum absolute atomic E-state index is 11.8. The molecule has 0 radical (unpaired) electrons. The second kappa shape index (κ2) is 4.46. The Labute approximate surface area is 99.9 Å². The highest BCUT2D eigenvalue weighted by atomic mass is 32.2. The molecule has 1 heterocycles. The fourth-order valence-corrected chi connectivity index (χ4v) is 2.65. The first-order valence-corrected chi connectivity index (χ1v) is 6.67. The molecular formula is C11H13NO4S. The van der Waals surface area contributed by atoms with Gasteiger partial charge in [0.15, 0.2) is 6.10 Å².